The first-order valence-electron chi connectivity index (χ1n) is 11.5. The average molecular weight is 438 g/mol. The molecule has 34 heavy (non-hydrogen) atoms. The smallest absolute Gasteiger partial charge is 0.137 e. The monoisotopic (exact) mass is 437 g/mol. The summed E-state index contributed by atoms with van der Waals surface area (Å²) in [6, 6.07) is 48.4. The minimum atomic E-state index is 0.856. The van der Waals surface area contributed by atoms with Crippen LogP contribution in [-0.4, -0.2) is 0 Å². The summed E-state index contributed by atoms with van der Waals surface area (Å²) in [6.07, 6.45) is 0. The van der Waals surface area contributed by atoms with Crippen LogP contribution in [0.1, 0.15) is 0 Å². The maximum absolute atomic E-state index is 6.30. The van der Waals surface area contributed by atoms with Crippen molar-refractivity contribution >= 4 is 28.0 Å². The molecule has 1 heterocycles. The van der Waals surface area contributed by atoms with Gasteiger partial charge >= 0.3 is 0 Å². The largest absolute Gasteiger partial charge is 0.456 e. The van der Waals surface area contributed by atoms with Crippen LogP contribution < -0.4 is 4.90 Å². The van der Waals surface area contributed by atoms with Gasteiger partial charge in [-0.25, -0.2) is 0 Å². The number of fused-ring (bicyclic) bond motifs is 1. The Hall–Kier alpha value is -4.56. The van der Waals surface area contributed by atoms with Crippen LogP contribution in [0.4, 0.5) is 17.1 Å². The molecule has 162 valence electrons. The third-order valence-corrected chi connectivity index (χ3v) is 6.08. The lowest BCUT2D eigenvalue weighted by Gasteiger charge is -2.29. The maximum atomic E-state index is 6.30. The molecule has 1 aromatic heterocycles. The van der Waals surface area contributed by atoms with Gasteiger partial charge in [-0.05, 0) is 48.0 Å². The van der Waals surface area contributed by atoms with Gasteiger partial charge in [-0.2, -0.15) is 0 Å². The van der Waals surface area contributed by atoms with Gasteiger partial charge in [0.15, 0.2) is 0 Å². The predicted octanol–water partition coefficient (Wildman–Crippen LogP) is 9.24. The summed E-state index contributed by atoms with van der Waals surface area (Å²) in [5, 5.41) is 1.10. The van der Waals surface area contributed by atoms with Crippen molar-refractivity contribution in [1.29, 1.82) is 0 Å². The summed E-state index contributed by atoms with van der Waals surface area (Å²) in [5.41, 5.74) is 7.56. The minimum Gasteiger partial charge on any atom is -0.456 e. The highest BCUT2D eigenvalue weighted by molar-refractivity contribution is 5.94. The van der Waals surface area contributed by atoms with E-state index in [1.54, 1.807) is 0 Å². The van der Waals surface area contributed by atoms with E-state index in [1.165, 1.54) is 11.1 Å². The lowest BCUT2D eigenvalue weighted by molar-refractivity contribution is 0.631. The van der Waals surface area contributed by atoms with Gasteiger partial charge in [0, 0.05) is 22.2 Å². The molecule has 2 nitrogen and oxygen atoms in total. The zero-order valence-corrected chi connectivity index (χ0v) is 18.6. The zero-order chi connectivity index (χ0) is 22.7. The van der Waals surface area contributed by atoms with Crippen LogP contribution in [0.5, 0.6) is 0 Å². The highest BCUT2D eigenvalue weighted by atomic mass is 16.3. The molecular weight excluding hydrogens is 414 g/mol. The summed E-state index contributed by atoms with van der Waals surface area (Å²) in [7, 11) is 0. The molecule has 0 saturated carbocycles. The van der Waals surface area contributed by atoms with Crippen molar-refractivity contribution in [2.45, 2.75) is 0 Å². The number of rotatable bonds is 5. The van der Waals surface area contributed by atoms with E-state index in [1.807, 2.05) is 18.2 Å². The molecule has 0 aliphatic rings. The van der Waals surface area contributed by atoms with Crippen LogP contribution >= 0.6 is 0 Å². The van der Waals surface area contributed by atoms with Crippen molar-refractivity contribution in [3.63, 3.8) is 0 Å². The summed E-state index contributed by atoms with van der Waals surface area (Å²) in [5.74, 6) is 0.856. The molecule has 0 aliphatic carbocycles. The summed E-state index contributed by atoms with van der Waals surface area (Å²) >= 11 is 0. The topological polar surface area (TPSA) is 16.4 Å². The second kappa shape index (κ2) is 8.76. The fourth-order valence-electron chi connectivity index (χ4n) is 4.51. The fraction of sp³-hybridized carbons (Fsp3) is 0. The molecule has 0 radical (unpaired) electrons. The standard InChI is InChI=1S/C32H23NO/c1-3-13-24(14-4-1)27-18-8-10-20-29(27)33(26-16-5-2-6-17-26)30-21-11-9-19-28(30)32-23-25-15-7-12-22-31(25)34-32/h1-23H. The lowest BCUT2D eigenvalue weighted by Crippen LogP contribution is -2.12. The third kappa shape index (κ3) is 3.66. The Kier molecular flexibility index (Phi) is 5.17. The number of hydrogen-bond donors (Lipinski definition) is 0. The number of benzene rings is 5. The van der Waals surface area contributed by atoms with Gasteiger partial charge in [-0.3, -0.25) is 0 Å². The molecule has 0 amide bonds. The first-order chi connectivity index (χ1) is 16.9. The second-order valence-electron chi connectivity index (χ2n) is 8.22. The molecule has 2 heteroatoms. The molecule has 0 spiro atoms. The zero-order valence-electron chi connectivity index (χ0n) is 18.6. The number of hydrogen-bond acceptors (Lipinski definition) is 2. The first-order valence-corrected chi connectivity index (χ1v) is 11.5. The third-order valence-electron chi connectivity index (χ3n) is 6.08. The van der Waals surface area contributed by atoms with Gasteiger partial charge < -0.3 is 9.32 Å². The van der Waals surface area contributed by atoms with Crippen LogP contribution in [0, 0.1) is 0 Å². The summed E-state index contributed by atoms with van der Waals surface area (Å²) in [6.45, 7) is 0. The molecule has 0 N–H and O–H groups in total. The maximum Gasteiger partial charge on any atom is 0.137 e. The number of para-hydroxylation sites is 4. The SMILES string of the molecule is c1ccc(-c2ccccc2N(c2ccccc2)c2ccccc2-c2cc3ccccc3o2)cc1. The summed E-state index contributed by atoms with van der Waals surface area (Å²) < 4.78 is 6.30. The molecule has 6 aromatic rings. The molecule has 5 aromatic carbocycles. The van der Waals surface area contributed by atoms with Gasteiger partial charge in [-0.1, -0.05) is 97.1 Å². The van der Waals surface area contributed by atoms with E-state index in [-0.39, 0.29) is 0 Å². The highest BCUT2D eigenvalue weighted by Crippen LogP contribution is 2.45. The van der Waals surface area contributed by atoms with Crippen molar-refractivity contribution in [3.05, 3.63) is 140 Å². The molecule has 0 unspecified atom stereocenters. The molecule has 0 saturated heterocycles. The van der Waals surface area contributed by atoms with Crippen LogP contribution in [0.15, 0.2) is 144 Å². The van der Waals surface area contributed by atoms with Crippen molar-refractivity contribution in [2.24, 2.45) is 0 Å². The Bertz CT molecular complexity index is 1520. The average Bonchev–Trinajstić information content (AvgIpc) is 3.35. The van der Waals surface area contributed by atoms with E-state index < -0.39 is 0 Å². The fourth-order valence-corrected chi connectivity index (χ4v) is 4.51. The summed E-state index contributed by atoms with van der Waals surface area (Å²) in [4.78, 5) is 2.32. The number of furan rings is 1. The van der Waals surface area contributed by atoms with Gasteiger partial charge in [0.05, 0.1) is 11.4 Å². The van der Waals surface area contributed by atoms with Crippen LogP contribution in [0.25, 0.3) is 33.4 Å². The van der Waals surface area contributed by atoms with Crippen molar-refractivity contribution < 1.29 is 4.42 Å². The molecule has 6 rings (SSSR count). The van der Waals surface area contributed by atoms with Gasteiger partial charge in [0.1, 0.15) is 11.3 Å². The normalized spacial score (nSPS) is 10.9. The van der Waals surface area contributed by atoms with E-state index in [9.17, 15) is 0 Å². The Balaban J connectivity index is 1.60. The van der Waals surface area contributed by atoms with Crippen molar-refractivity contribution in [3.8, 4) is 22.5 Å². The van der Waals surface area contributed by atoms with Crippen LogP contribution in [-0.2, 0) is 0 Å². The quantitative estimate of drug-likeness (QED) is 0.267. The number of anilines is 3. The van der Waals surface area contributed by atoms with Crippen LogP contribution in [0.3, 0.4) is 0 Å². The van der Waals surface area contributed by atoms with E-state index >= 15 is 0 Å². The van der Waals surface area contributed by atoms with Crippen LogP contribution in [0.2, 0.25) is 0 Å². The Morgan fingerprint density at radius 1 is 0.471 bits per heavy atom. The molecule has 0 aliphatic heterocycles. The second-order valence-corrected chi connectivity index (χ2v) is 8.22. The Morgan fingerprint density at radius 2 is 1.03 bits per heavy atom. The molecule has 0 atom stereocenters. The van der Waals surface area contributed by atoms with Gasteiger partial charge in [0.25, 0.3) is 0 Å². The van der Waals surface area contributed by atoms with E-state index in [4.69, 9.17) is 4.42 Å². The van der Waals surface area contributed by atoms with E-state index in [0.29, 0.717) is 0 Å². The molecule has 0 fully saturated rings. The van der Waals surface area contributed by atoms with Crippen molar-refractivity contribution in [1.82, 2.24) is 0 Å². The van der Waals surface area contributed by atoms with Crippen molar-refractivity contribution in [2.75, 3.05) is 4.90 Å². The number of nitrogens with zero attached hydrogens (tertiary/aromatic N) is 1. The van der Waals surface area contributed by atoms with E-state index in [2.05, 4.69) is 126 Å². The minimum absolute atomic E-state index is 0.856. The molecule has 0 bridgehead atoms. The Labute approximate surface area is 199 Å². The van der Waals surface area contributed by atoms with E-state index in [0.717, 1.165) is 39.4 Å². The lowest BCUT2D eigenvalue weighted by atomic mass is 10.0. The Morgan fingerprint density at radius 3 is 1.76 bits per heavy atom. The predicted molar refractivity (Wildman–Crippen MR) is 142 cm³/mol. The van der Waals surface area contributed by atoms with Gasteiger partial charge in [-0.15, -0.1) is 0 Å². The molecular formula is C32H23NO. The van der Waals surface area contributed by atoms with Gasteiger partial charge in [0.2, 0.25) is 0 Å². The first kappa shape index (κ1) is 20.1. The highest BCUT2D eigenvalue weighted by Gasteiger charge is 2.21.